The van der Waals surface area contributed by atoms with Crippen LogP contribution < -0.4 is 5.73 Å². The van der Waals surface area contributed by atoms with Crippen LogP contribution in [0.5, 0.6) is 0 Å². The molecule has 1 saturated heterocycles. The molecule has 0 saturated carbocycles. The quantitative estimate of drug-likeness (QED) is 0.723. The van der Waals surface area contributed by atoms with Crippen molar-refractivity contribution in [2.45, 2.75) is 33.1 Å². The van der Waals surface area contributed by atoms with Crippen molar-refractivity contribution in [3.63, 3.8) is 0 Å². The third-order valence-corrected chi connectivity index (χ3v) is 3.53. The van der Waals surface area contributed by atoms with E-state index in [-0.39, 0.29) is 30.8 Å². The minimum absolute atomic E-state index is 0.0761. The van der Waals surface area contributed by atoms with Gasteiger partial charge in [0.25, 0.3) is 0 Å². The second-order valence-corrected chi connectivity index (χ2v) is 6.06. The van der Waals surface area contributed by atoms with Gasteiger partial charge < -0.3 is 20.6 Å². The van der Waals surface area contributed by atoms with E-state index >= 15 is 0 Å². The highest BCUT2D eigenvalue weighted by Crippen LogP contribution is 2.22. The summed E-state index contributed by atoms with van der Waals surface area (Å²) in [7, 11) is 0. The molecule has 1 atom stereocenters. The van der Waals surface area contributed by atoms with Gasteiger partial charge in [-0.1, -0.05) is 13.8 Å². The maximum Gasteiger partial charge on any atom is 0.320 e. The fourth-order valence-electron chi connectivity index (χ4n) is 2.61. The Morgan fingerprint density at radius 2 is 2.05 bits per heavy atom. The van der Waals surface area contributed by atoms with Crippen LogP contribution in [0.1, 0.15) is 33.1 Å². The second-order valence-electron chi connectivity index (χ2n) is 6.06. The van der Waals surface area contributed by atoms with Crippen molar-refractivity contribution in [2.24, 2.45) is 17.6 Å². The fourth-order valence-corrected chi connectivity index (χ4v) is 2.61. The highest BCUT2D eigenvalue weighted by Gasteiger charge is 2.30. The SMILES string of the molecule is CC(C)CN(CC(N)=O)C(=O)N1CCC(CCC(=O)O)C1. The van der Waals surface area contributed by atoms with Crippen molar-refractivity contribution in [2.75, 3.05) is 26.2 Å². The van der Waals surface area contributed by atoms with Crippen molar-refractivity contribution in [1.29, 1.82) is 0 Å². The van der Waals surface area contributed by atoms with Crippen molar-refractivity contribution in [1.82, 2.24) is 9.80 Å². The first-order valence-corrected chi connectivity index (χ1v) is 7.33. The third kappa shape index (κ3) is 6.01. The lowest BCUT2D eigenvalue weighted by atomic mass is 10.0. The number of primary amides is 1. The normalized spacial score (nSPS) is 18.0. The van der Waals surface area contributed by atoms with Gasteiger partial charge in [-0.05, 0) is 24.7 Å². The number of hydrogen-bond donors (Lipinski definition) is 2. The molecule has 0 spiro atoms. The highest BCUT2D eigenvalue weighted by atomic mass is 16.4. The molecule has 0 aromatic rings. The lowest BCUT2D eigenvalue weighted by Crippen LogP contribution is -2.47. The van der Waals surface area contributed by atoms with Gasteiger partial charge in [-0.25, -0.2) is 4.79 Å². The molecule has 7 heteroatoms. The van der Waals surface area contributed by atoms with E-state index in [0.29, 0.717) is 26.1 Å². The fraction of sp³-hybridized carbons (Fsp3) is 0.786. The molecule has 1 aliphatic rings. The Labute approximate surface area is 125 Å². The van der Waals surface area contributed by atoms with Crippen molar-refractivity contribution in [3.8, 4) is 0 Å². The molecule has 1 rings (SSSR count). The van der Waals surface area contributed by atoms with Crippen molar-refractivity contribution < 1.29 is 19.5 Å². The molecular weight excluding hydrogens is 274 g/mol. The van der Waals surface area contributed by atoms with E-state index in [0.717, 1.165) is 6.42 Å². The summed E-state index contributed by atoms with van der Waals surface area (Å²) >= 11 is 0. The zero-order valence-electron chi connectivity index (χ0n) is 12.7. The first-order valence-electron chi connectivity index (χ1n) is 7.33. The van der Waals surface area contributed by atoms with Gasteiger partial charge in [0.1, 0.15) is 6.54 Å². The second kappa shape index (κ2) is 7.85. The number of carboxylic acids is 1. The summed E-state index contributed by atoms with van der Waals surface area (Å²) in [6, 6.07) is -0.180. The van der Waals surface area contributed by atoms with Crippen LogP contribution in [0.2, 0.25) is 0 Å². The number of nitrogens with two attached hydrogens (primary N) is 1. The number of urea groups is 1. The van der Waals surface area contributed by atoms with E-state index in [9.17, 15) is 14.4 Å². The van der Waals surface area contributed by atoms with Crippen LogP contribution >= 0.6 is 0 Å². The molecule has 0 radical (unpaired) electrons. The standard InChI is InChI=1S/C14H25N3O4/c1-10(2)7-17(9-12(15)18)14(21)16-6-5-11(8-16)3-4-13(19)20/h10-11H,3-9H2,1-2H3,(H2,15,18)(H,19,20). The highest BCUT2D eigenvalue weighted by molar-refractivity contribution is 5.83. The van der Waals surface area contributed by atoms with Crippen LogP contribution in [0.4, 0.5) is 4.79 Å². The molecule has 7 nitrogen and oxygen atoms in total. The van der Waals surface area contributed by atoms with E-state index in [4.69, 9.17) is 10.8 Å². The molecule has 1 unspecified atom stereocenters. The summed E-state index contributed by atoms with van der Waals surface area (Å²) in [4.78, 5) is 37.3. The Morgan fingerprint density at radius 3 is 2.57 bits per heavy atom. The van der Waals surface area contributed by atoms with Crippen LogP contribution in [0.15, 0.2) is 0 Å². The smallest absolute Gasteiger partial charge is 0.320 e. The molecule has 21 heavy (non-hydrogen) atoms. The Kier molecular flexibility index (Phi) is 6.45. The van der Waals surface area contributed by atoms with E-state index in [2.05, 4.69) is 0 Å². The lowest BCUT2D eigenvalue weighted by Gasteiger charge is -2.28. The average molecular weight is 299 g/mol. The van der Waals surface area contributed by atoms with E-state index < -0.39 is 11.9 Å². The molecule has 3 N–H and O–H groups in total. The number of nitrogens with zero attached hydrogens (tertiary/aromatic N) is 2. The van der Waals surface area contributed by atoms with Crippen LogP contribution in [0.25, 0.3) is 0 Å². The third-order valence-electron chi connectivity index (χ3n) is 3.53. The summed E-state index contributed by atoms with van der Waals surface area (Å²) in [5, 5.41) is 8.70. The zero-order valence-corrected chi connectivity index (χ0v) is 12.7. The minimum atomic E-state index is -0.810. The number of rotatable bonds is 7. The van der Waals surface area contributed by atoms with Gasteiger partial charge in [-0.15, -0.1) is 0 Å². The monoisotopic (exact) mass is 299 g/mol. The Hall–Kier alpha value is -1.79. The van der Waals surface area contributed by atoms with Crippen molar-refractivity contribution >= 4 is 17.9 Å². The summed E-state index contributed by atoms with van der Waals surface area (Å²) in [5.41, 5.74) is 5.20. The lowest BCUT2D eigenvalue weighted by molar-refractivity contribution is -0.137. The predicted molar refractivity (Wildman–Crippen MR) is 77.6 cm³/mol. The van der Waals surface area contributed by atoms with Crippen LogP contribution in [0.3, 0.4) is 0 Å². The molecule has 0 bridgehead atoms. The number of carboxylic acid groups (broad SMARTS) is 1. The van der Waals surface area contributed by atoms with Gasteiger partial charge in [0.2, 0.25) is 5.91 Å². The maximum atomic E-state index is 12.4. The summed E-state index contributed by atoms with van der Waals surface area (Å²) in [5.74, 6) is -0.862. The molecule has 0 aromatic carbocycles. The van der Waals surface area contributed by atoms with Gasteiger partial charge in [-0.3, -0.25) is 9.59 Å². The van der Waals surface area contributed by atoms with Gasteiger partial charge in [0.05, 0.1) is 0 Å². The first-order chi connectivity index (χ1) is 9.79. The van der Waals surface area contributed by atoms with Crippen LogP contribution in [-0.4, -0.2) is 59.0 Å². The van der Waals surface area contributed by atoms with Gasteiger partial charge in [0, 0.05) is 26.1 Å². The molecule has 1 fully saturated rings. The van der Waals surface area contributed by atoms with Crippen LogP contribution in [0, 0.1) is 11.8 Å². The number of hydrogen-bond acceptors (Lipinski definition) is 3. The Morgan fingerprint density at radius 1 is 1.38 bits per heavy atom. The average Bonchev–Trinajstić information content (AvgIpc) is 2.82. The molecule has 1 heterocycles. The number of carbonyl (C=O) groups is 3. The molecular formula is C14H25N3O4. The maximum absolute atomic E-state index is 12.4. The molecule has 120 valence electrons. The largest absolute Gasteiger partial charge is 0.481 e. The predicted octanol–water partition coefficient (Wildman–Crippen LogP) is 0.736. The Bertz CT molecular complexity index is 398. The van der Waals surface area contributed by atoms with Gasteiger partial charge >= 0.3 is 12.0 Å². The minimum Gasteiger partial charge on any atom is -0.481 e. The number of likely N-dealkylation sites (tertiary alicyclic amines) is 1. The summed E-state index contributed by atoms with van der Waals surface area (Å²) in [6.07, 6.45) is 1.52. The summed E-state index contributed by atoms with van der Waals surface area (Å²) in [6.45, 7) is 5.52. The van der Waals surface area contributed by atoms with E-state index in [1.807, 2.05) is 13.8 Å². The summed E-state index contributed by atoms with van der Waals surface area (Å²) < 4.78 is 0. The van der Waals surface area contributed by atoms with E-state index in [1.54, 1.807) is 4.90 Å². The van der Waals surface area contributed by atoms with Gasteiger partial charge in [0.15, 0.2) is 0 Å². The Balaban J connectivity index is 2.55. The van der Waals surface area contributed by atoms with Gasteiger partial charge in [-0.2, -0.15) is 0 Å². The zero-order chi connectivity index (χ0) is 16.0. The van der Waals surface area contributed by atoms with E-state index in [1.165, 1.54) is 4.90 Å². The number of amides is 3. The molecule has 0 aliphatic carbocycles. The number of aliphatic carboxylic acids is 1. The number of carbonyl (C=O) groups excluding carboxylic acids is 2. The van der Waals surface area contributed by atoms with Crippen LogP contribution in [-0.2, 0) is 9.59 Å². The molecule has 1 aliphatic heterocycles. The molecule has 3 amide bonds. The molecule has 0 aromatic heterocycles. The van der Waals surface area contributed by atoms with Crippen molar-refractivity contribution in [3.05, 3.63) is 0 Å². The topological polar surface area (TPSA) is 104 Å². The first kappa shape index (κ1) is 17.3.